The van der Waals surface area contributed by atoms with Crippen molar-refractivity contribution in [3.63, 3.8) is 0 Å². The molecule has 3 aromatic rings. The summed E-state index contributed by atoms with van der Waals surface area (Å²) in [7, 11) is 0. The van der Waals surface area contributed by atoms with Crippen molar-refractivity contribution in [3.8, 4) is 11.1 Å². The number of benzene rings is 1. The van der Waals surface area contributed by atoms with Gasteiger partial charge >= 0.3 is 0 Å². The Bertz CT molecular complexity index is 749. The minimum Gasteiger partial charge on any atom is -0.308 e. The van der Waals surface area contributed by atoms with Crippen LogP contribution in [0.3, 0.4) is 0 Å². The van der Waals surface area contributed by atoms with E-state index in [9.17, 15) is 4.79 Å². The Morgan fingerprint density at radius 2 is 2.06 bits per heavy atom. The van der Waals surface area contributed by atoms with E-state index in [0.717, 1.165) is 16.6 Å². The molecule has 18 heavy (non-hydrogen) atoms. The molecule has 2 heterocycles. The van der Waals surface area contributed by atoms with Crippen molar-refractivity contribution in [1.29, 1.82) is 0 Å². The lowest BCUT2D eigenvalue weighted by Crippen LogP contribution is -2.09. The number of fused-ring (bicyclic) bond motifs is 1. The molecule has 0 atom stereocenters. The minimum atomic E-state index is -0.122. The summed E-state index contributed by atoms with van der Waals surface area (Å²) >= 11 is 7.14. The number of rotatable bonds is 2. The summed E-state index contributed by atoms with van der Waals surface area (Å²) in [5.41, 5.74) is 2.64. The van der Waals surface area contributed by atoms with Gasteiger partial charge in [-0.25, -0.2) is 4.98 Å². The van der Waals surface area contributed by atoms with Gasteiger partial charge in [0.2, 0.25) is 0 Å². The van der Waals surface area contributed by atoms with Crippen molar-refractivity contribution in [3.05, 3.63) is 51.9 Å². The molecule has 5 heteroatoms. The highest BCUT2D eigenvalue weighted by Crippen LogP contribution is 2.30. The van der Waals surface area contributed by atoms with Gasteiger partial charge in [0.15, 0.2) is 0 Å². The lowest BCUT2D eigenvalue weighted by Gasteiger charge is -2.00. The highest BCUT2D eigenvalue weighted by Gasteiger charge is 2.11. The van der Waals surface area contributed by atoms with Crippen LogP contribution >= 0.6 is 22.9 Å². The quantitative estimate of drug-likeness (QED) is 0.729. The third kappa shape index (κ3) is 1.83. The topological polar surface area (TPSA) is 45.8 Å². The standard InChI is InChI=1S/C13H9ClN2OS/c14-6-10-15-11-9(8-4-2-1-3-5-8)7-18-12(11)13(17)16-10/h1-5,7H,6H2,(H,15,16,17). The van der Waals surface area contributed by atoms with Crippen LogP contribution in [-0.4, -0.2) is 9.97 Å². The van der Waals surface area contributed by atoms with Crippen molar-refractivity contribution < 1.29 is 0 Å². The molecule has 1 N–H and O–H groups in total. The van der Waals surface area contributed by atoms with Crippen LogP contribution in [-0.2, 0) is 5.88 Å². The minimum absolute atomic E-state index is 0.122. The van der Waals surface area contributed by atoms with E-state index in [2.05, 4.69) is 9.97 Å². The molecule has 0 aliphatic rings. The number of halogens is 1. The molecule has 3 rings (SSSR count). The summed E-state index contributed by atoms with van der Waals surface area (Å²) < 4.78 is 0.641. The molecule has 3 nitrogen and oxygen atoms in total. The molecule has 1 aromatic carbocycles. The Morgan fingerprint density at radius 1 is 1.28 bits per heavy atom. The molecular weight excluding hydrogens is 268 g/mol. The smallest absolute Gasteiger partial charge is 0.268 e. The monoisotopic (exact) mass is 276 g/mol. The Balaban J connectivity index is 2.32. The van der Waals surface area contributed by atoms with Crippen molar-refractivity contribution in [2.75, 3.05) is 0 Å². The number of aromatic amines is 1. The van der Waals surface area contributed by atoms with Crippen LogP contribution in [0.15, 0.2) is 40.5 Å². The molecule has 0 saturated heterocycles. The van der Waals surface area contributed by atoms with Crippen LogP contribution in [0, 0.1) is 0 Å². The number of nitrogens with zero attached hydrogens (tertiary/aromatic N) is 1. The van der Waals surface area contributed by atoms with Gasteiger partial charge in [-0.2, -0.15) is 0 Å². The van der Waals surface area contributed by atoms with E-state index in [1.165, 1.54) is 11.3 Å². The number of H-pyrrole nitrogens is 1. The van der Waals surface area contributed by atoms with Crippen LogP contribution in [0.2, 0.25) is 0 Å². The summed E-state index contributed by atoms with van der Waals surface area (Å²) in [6.45, 7) is 0. The van der Waals surface area contributed by atoms with E-state index in [1.54, 1.807) is 0 Å². The molecule has 0 fully saturated rings. The van der Waals surface area contributed by atoms with Gasteiger partial charge in [0.1, 0.15) is 10.5 Å². The molecular formula is C13H9ClN2OS. The highest BCUT2D eigenvalue weighted by molar-refractivity contribution is 7.17. The summed E-state index contributed by atoms with van der Waals surface area (Å²) in [4.78, 5) is 18.9. The molecule has 90 valence electrons. The number of hydrogen-bond donors (Lipinski definition) is 1. The first-order valence-corrected chi connectivity index (χ1v) is 6.83. The Labute approximate surface area is 112 Å². The maximum absolute atomic E-state index is 11.9. The van der Waals surface area contributed by atoms with E-state index in [1.807, 2.05) is 35.7 Å². The molecule has 0 aliphatic heterocycles. The third-order valence-electron chi connectivity index (χ3n) is 2.69. The highest BCUT2D eigenvalue weighted by atomic mass is 35.5. The second kappa shape index (κ2) is 4.55. The molecule has 0 unspecified atom stereocenters. The van der Waals surface area contributed by atoms with Gasteiger partial charge < -0.3 is 4.98 Å². The third-order valence-corrected chi connectivity index (χ3v) is 3.91. The number of alkyl halides is 1. The predicted octanol–water partition coefficient (Wildman–Crippen LogP) is 3.39. The SMILES string of the molecule is O=c1[nH]c(CCl)nc2c(-c3ccccc3)csc12. The van der Waals surface area contributed by atoms with Gasteiger partial charge in [-0.15, -0.1) is 22.9 Å². The lowest BCUT2D eigenvalue weighted by molar-refractivity contribution is 1.04. The fourth-order valence-electron chi connectivity index (χ4n) is 1.86. The van der Waals surface area contributed by atoms with Crippen LogP contribution in [0.4, 0.5) is 0 Å². The van der Waals surface area contributed by atoms with Crippen molar-refractivity contribution in [2.24, 2.45) is 0 Å². The number of aromatic nitrogens is 2. The summed E-state index contributed by atoms with van der Waals surface area (Å²) in [5.74, 6) is 0.708. The zero-order chi connectivity index (χ0) is 12.5. The van der Waals surface area contributed by atoms with Gasteiger partial charge in [0.05, 0.1) is 11.4 Å². The van der Waals surface area contributed by atoms with E-state index in [4.69, 9.17) is 11.6 Å². The molecule has 0 amide bonds. The average molecular weight is 277 g/mol. The summed E-state index contributed by atoms with van der Waals surface area (Å²) in [6.07, 6.45) is 0. The number of thiophene rings is 1. The van der Waals surface area contributed by atoms with Crippen molar-refractivity contribution in [2.45, 2.75) is 5.88 Å². The fraction of sp³-hybridized carbons (Fsp3) is 0.0769. The Kier molecular flexibility index (Phi) is 2.89. The van der Waals surface area contributed by atoms with Gasteiger partial charge in [-0.05, 0) is 5.56 Å². The number of hydrogen-bond acceptors (Lipinski definition) is 3. The first kappa shape index (κ1) is 11.4. The van der Waals surface area contributed by atoms with Gasteiger partial charge in [0, 0.05) is 10.9 Å². The first-order valence-electron chi connectivity index (χ1n) is 5.41. The maximum atomic E-state index is 11.9. The molecule has 0 spiro atoms. The molecule has 0 aliphatic carbocycles. The summed E-state index contributed by atoms with van der Waals surface area (Å²) in [6, 6.07) is 9.90. The Hall–Kier alpha value is -1.65. The second-order valence-electron chi connectivity index (χ2n) is 3.84. The van der Waals surface area contributed by atoms with Gasteiger partial charge in [0.25, 0.3) is 5.56 Å². The Morgan fingerprint density at radius 3 is 2.78 bits per heavy atom. The largest absolute Gasteiger partial charge is 0.308 e. The van der Waals surface area contributed by atoms with Crippen molar-refractivity contribution in [1.82, 2.24) is 9.97 Å². The zero-order valence-electron chi connectivity index (χ0n) is 9.31. The van der Waals surface area contributed by atoms with Crippen LogP contribution in [0.25, 0.3) is 21.3 Å². The van der Waals surface area contributed by atoms with E-state index >= 15 is 0 Å². The van der Waals surface area contributed by atoms with Crippen LogP contribution in [0.5, 0.6) is 0 Å². The molecule has 2 aromatic heterocycles. The molecule has 0 bridgehead atoms. The van der Waals surface area contributed by atoms with Crippen LogP contribution < -0.4 is 5.56 Å². The second-order valence-corrected chi connectivity index (χ2v) is 4.99. The zero-order valence-corrected chi connectivity index (χ0v) is 10.9. The number of nitrogens with one attached hydrogen (secondary N) is 1. The van der Waals surface area contributed by atoms with E-state index in [0.29, 0.717) is 10.5 Å². The molecule has 0 saturated carbocycles. The first-order chi connectivity index (χ1) is 8.79. The van der Waals surface area contributed by atoms with Gasteiger partial charge in [-0.1, -0.05) is 30.3 Å². The van der Waals surface area contributed by atoms with Gasteiger partial charge in [-0.3, -0.25) is 4.79 Å². The average Bonchev–Trinajstić information content (AvgIpc) is 2.84. The van der Waals surface area contributed by atoms with Crippen LogP contribution in [0.1, 0.15) is 5.82 Å². The predicted molar refractivity (Wildman–Crippen MR) is 75.2 cm³/mol. The van der Waals surface area contributed by atoms with E-state index < -0.39 is 0 Å². The normalized spacial score (nSPS) is 10.9. The summed E-state index contributed by atoms with van der Waals surface area (Å²) in [5, 5.41) is 1.96. The fourth-order valence-corrected chi connectivity index (χ4v) is 2.90. The maximum Gasteiger partial charge on any atom is 0.268 e. The molecule has 0 radical (unpaired) electrons. The van der Waals surface area contributed by atoms with Crippen molar-refractivity contribution >= 4 is 33.2 Å². The van der Waals surface area contributed by atoms with E-state index in [-0.39, 0.29) is 11.4 Å². The lowest BCUT2D eigenvalue weighted by atomic mass is 10.1.